The predicted octanol–water partition coefficient (Wildman–Crippen LogP) is 1.12. The molecule has 1 atom stereocenters. The molecular weight excluding hydrogens is 290 g/mol. The van der Waals surface area contributed by atoms with Crippen LogP contribution in [0.1, 0.15) is 22.0 Å². The highest BCUT2D eigenvalue weighted by atomic mass is 32.2. The molecule has 7 heteroatoms. The molecule has 1 aromatic carbocycles. The first-order valence-electron chi connectivity index (χ1n) is 6.31. The van der Waals surface area contributed by atoms with Crippen LogP contribution >= 0.6 is 0 Å². The van der Waals surface area contributed by atoms with E-state index in [1.165, 1.54) is 6.07 Å². The van der Waals surface area contributed by atoms with Gasteiger partial charge in [0.2, 0.25) is 0 Å². The Morgan fingerprint density at radius 1 is 1.24 bits per heavy atom. The molecule has 1 aliphatic rings. The van der Waals surface area contributed by atoms with Gasteiger partial charge >= 0.3 is 0 Å². The largest absolute Gasteiger partial charge is 0.323 e. The fourth-order valence-corrected chi connectivity index (χ4v) is 4.02. The number of amides is 1. The van der Waals surface area contributed by atoms with E-state index in [0.717, 1.165) is 0 Å². The van der Waals surface area contributed by atoms with Gasteiger partial charge < -0.3 is 11.1 Å². The maximum atomic E-state index is 12.1. The number of aromatic nitrogens is 1. The molecule has 0 saturated carbocycles. The second kappa shape index (κ2) is 4.94. The van der Waals surface area contributed by atoms with E-state index in [-0.39, 0.29) is 22.1 Å². The molecule has 0 spiro atoms. The maximum Gasteiger partial charge on any atom is 0.255 e. The molecule has 1 aromatic heterocycles. The Balaban J connectivity index is 1.93. The van der Waals surface area contributed by atoms with Crippen molar-refractivity contribution in [1.82, 2.24) is 4.98 Å². The Labute approximate surface area is 121 Å². The third-order valence-corrected chi connectivity index (χ3v) is 5.17. The molecule has 1 amide bonds. The van der Waals surface area contributed by atoms with Crippen LogP contribution in [-0.4, -0.2) is 25.1 Å². The van der Waals surface area contributed by atoms with Gasteiger partial charge in [-0.3, -0.25) is 9.78 Å². The lowest BCUT2D eigenvalue weighted by atomic mass is 10.1. The number of carbonyl (C=O) groups excluding carboxylic acids is 1. The topological polar surface area (TPSA) is 102 Å². The smallest absolute Gasteiger partial charge is 0.255 e. The number of anilines is 1. The number of nitrogens with zero attached hydrogens (tertiary/aromatic N) is 1. The molecule has 0 bridgehead atoms. The number of pyridine rings is 1. The summed E-state index contributed by atoms with van der Waals surface area (Å²) in [5.41, 5.74) is 7.22. The van der Waals surface area contributed by atoms with Crippen molar-refractivity contribution in [2.24, 2.45) is 5.73 Å². The van der Waals surface area contributed by atoms with Gasteiger partial charge in [-0.2, -0.15) is 0 Å². The Bertz CT molecular complexity index is 803. The maximum absolute atomic E-state index is 12.1. The van der Waals surface area contributed by atoms with Gasteiger partial charge in [0.05, 0.1) is 10.6 Å². The molecule has 108 valence electrons. The first-order valence-corrected chi connectivity index (χ1v) is 7.96. The van der Waals surface area contributed by atoms with Crippen molar-refractivity contribution in [3.8, 4) is 0 Å². The zero-order chi connectivity index (χ0) is 15.0. The van der Waals surface area contributed by atoms with Crippen LogP contribution in [0, 0.1) is 0 Å². The van der Waals surface area contributed by atoms with Gasteiger partial charge in [-0.25, -0.2) is 8.42 Å². The number of sulfone groups is 1. The van der Waals surface area contributed by atoms with Crippen molar-refractivity contribution in [2.75, 3.05) is 11.1 Å². The van der Waals surface area contributed by atoms with E-state index >= 15 is 0 Å². The summed E-state index contributed by atoms with van der Waals surface area (Å²) in [6.07, 6.45) is 3.11. The summed E-state index contributed by atoms with van der Waals surface area (Å²) in [6, 6.07) is 7.34. The van der Waals surface area contributed by atoms with Gasteiger partial charge in [-0.1, -0.05) is 6.07 Å². The number of fused-ring (bicyclic) bond motifs is 1. The Kier molecular flexibility index (Phi) is 3.23. The monoisotopic (exact) mass is 303 g/mol. The summed E-state index contributed by atoms with van der Waals surface area (Å²) in [7, 11) is -3.40. The van der Waals surface area contributed by atoms with Crippen LogP contribution in [0.25, 0.3) is 0 Å². The van der Waals surface area contributed by atoms with Crippen LogP contribution in [0.5, 0.6) is 0 Å². The lowest BCUT2D eigenvalue weighted by Gasteiger charge is -2.07. The van der Waals surface area contributed by atoms with E-state index in [9.17, 15) is 13.2 Å². The van der Waals surface area contributed by atoms with E-state index in [1.807, 2.05) is 0 Å². The third-order valence-electron chi connectivity index (χ3n) is 3.35. The number of rotatable bonds is 2. The number of carbonyl (C=O) groups is 1. The van der Waals surface area contributed by atoms with E-state index in [4.69, 9.17) is 5.73 Å². The Morgan fingerprint density at radius 3 is 2.67 bits per heavy atom. The van der Waals surface area contributed by atoms with Crippen LogP contribution < -0.4 is 11.1 Å². The Morgan fingerprint density at radius 2 is 1.95 bits per heavy atom. The van der Waals surface area contributed by atoms with Gasteiger partial charge in [-0.05, 0) is 29.8 Å². The van der Waals surface area contributed by atoms with Crippen molar-refractivity contribution in [3.63, 3.8) is 0 Å². The number of nitrogens with two attached hydrogens (primary N) is 1. The first-order chi connectivity index (χ1) is 9.97. The summed E-state index contributed by atoms with van der Waals surface area (Å²) >= 11 is 0. The lowest BCUT2D eigenvalue weighted by molar-refractivity contribution is 0.102. The van der Waals surface area contributed by atoms with Crippen molar-refractivity contribution in [2.45, 2.75) is 10.9 Å². The van der Waals surface area contributed by atoms with Gasteiger partial charge in [0.15, 0.2) is 9.84 Å². The Hall–Kier alpha value is -2.25. The molecule has 2 aromatic rings. The molecule has 2 heterocycles. The van der Waals surface area contributed by atoms with Crippen molar-refractivity contribution in [3.05, 3.63) is 53.9 Å². The quantitative estimate of drug-likeness (QED) is 0.865. The minimum absolute atomic E-state index is 0.113. The highest BCUT2D eigenvalue weighted by Crippen LogP contribution is 2.32. The van der Waals surface area contributed by atoms with Gasteiger partial charge in [0.25, 0.3) is 5.91 Å². The summed E-state index contributed by atoms with van der Waals surface area (Å²) < 4.78 is 24.0. The van der Waals surface area contributed by atoms with E-state index in [1.54, 1.807) is 36.7 Å². The molecule has 3 N–H and O–H groups in total. The lowest BCUT2D eigenvalue weighted by Crippen LogP contribution is -2.12. The fourth-order valence-electron chi connectivity index (χ4n) is 2.31. The molecule has 1 unspecified atom stereocenters. The summed E-state index contributed by atoms with van der Waals surface area (Å²) in [6.45, 7) is 0. The highest BCUT2D eigenvalue weighted by molar-refractivity contribution is 7.91. The SMILES string of the molecule is NC1CS(=O)(=O)c2cc(C(=O)Nc3ccncc3)ccc21. The summed E-state index contributed by atoms with van der Waals surface area (Å²) in [5.74, 6) is -0.489. The van der Waals surface area contributed by atoms with Crippen LogP contribution in [0.15, 0.2) is 47.6 Å². The fraction of sp³-hybridized carbons (Fsp3) is 0.143. The summed E-state index contributed by atoms with van der Waals surface area (Å²) in [5, 5.41) is 2.68. The number of nitrogens with one attached hydrogen (secondary N) is 1. The molecule has 0 saturated heterocycles. The minimum atomic E-state index is -3.40. The summed E-state index contributed by atoms with van der Waals surface area (Å²) in [4.78, 5) is 16.2. The molecule has 0 fully saturated rings. The normalized spacial score (nSPS) is 19.0. The zero-order valence-corrected chi connectivity index (χ0v) is 11.8. The molecule has 21 heavy (non-hydrogen) atoms. The molecule has 1 aliphatic heterocycles. The predicted molar refractivity (Wildman–Crippen MR) is 77.6 cm³/mol. The average Bonchev–Trinajstić information content (AvgIpc) is 2.69. The zero-order valence-electron chi connectivity index (χ0n) is 11.0. The second-order valence-electron chi connectivity index (χ2n) is 4.83. The van der Waals surface area contributed by atoms with E-state index in [0.29, 0.717) is 11.3 Å². The van der Waals surface area contributed by atoms with Crippen molar-refractivity contribution >= 4 is 21.4 Å². The van der Waals surface area contributed by atoms with Gasteiger partial charge in [0.1, 0.15) is 0 Å². The number of hydrogen-bond donors (Lipinski definition) is 2. The van der Waals surface area contributed by atoms with Crippen LogP contribution in [0.3, 0.4) is 0 Å². The second-order valence-corrected chi connectivity index (χ2v) is 6.83. The van der Waals surface area contributed by atoms with Crippen LogP contribution in [0.4, 0.5) is 5.69 Å². The number of benzene rings is 1. The van der Waals surface area contributed by atoms with Gasteiger partial charge in [-0.15, -0.1) is 0 Å². The molecular formula is C14H13N3O3S. The minimum Gasteiger partial charge on any atom is -0.323 e. The van der Waals surface area contributed by atoms with Crippen LogP contribution in [-0.2, 0) is 9.84 Å². The van der Waals surface area contributed by atoms with Crippen LogP contribution in [0.2, 0.25) is 0 Å². The van der Waals surface area contributed by atoms with Crippen molar-refractivity contribution < 1.29 is 13.2 Å². The van der Waals surface area contributed by atoms with Crippen molar-refractivity contribution in [1.29, 1.82) is 0 Å². The van der Waals surface area contributed by atoms with E-state index in [2.05, 4.69) is 10.3 Å². The van der Waals surface area contributed by atoms with E-state index < -0.39 is 15.9 Å². The average molecular weight is 303 g/mol. The highest BCUT2D eigenvalue weighted by Gasteiger charge is 2.33. The standard InChI is InChI=1S/C14H13N3O3S/c15-12-8-21(19,20)13-7-9(1-2-11(12)13)14(18)17-10-3-5-16-6-4-10/h1-7,12H,8,15H2,(H,16,17,18). The third kappa shape index (κ3) is 2.53. The molecule has 3 rings (SSSR count). The van der Waals surface area contributed by atoms with Gasteiger partial charge in [0, 0.05) is 29.7 Å². The molecule has 6 nitrogen and oxygen atoms in total. The number of hydrogen-bond acceptors (Lipinski definition) is 5. The molecule has 0 aliphatic carbocycles. The molecule has 0 radical (unpaired) electrons. The first kappa shape index (κ1) is 13.7.